The molecule has 1 fully saturated rings. The number of carbonyl (C=O) groups excluding carboxylic acids is 2. The SMILES string of the molecule is Cn1c(Nc2cc(CNC(=O)C3(C#N)CCCC3)ccc2I)nc2cc(C(=O)Nc3ccc(Br)cc3)ccc21. The quantitative estimate of drug-likeness (QED) is 0.188. The standard InChI is InChI=1S/C29H26BrIN6O2/c1-37-25-11-5-19(26(38)34-21-8-6-20(30)7-9-21)15-24(25)36-28(37)35-23-14-18(4-10-22(23)31)16-33-27(39)29(17-32)12-2-3-13-29/h4-11,14-15H,2-3,12-13,16H2,1H3,(H,33,39)(H,34,38)(H,35,36). The maximum Gasteiger partial charge on any atom is 0.255 e. The van der Waals surface area contributed by atoms with E-state index in [-0.39, 0.29) is 11.8 Å². The van der Waals surface area contributed by atoms with Crippen molar-refractivity contribution in [2.24, 2.45) is 12.5 Å². The average Bonchev–Trinajstić information content (AvgIpc) is 3.55. The van der Waals surface area contributed by atoms with Crippen LogP contribution >= 0.6 is 38.5 Å². The zero-order valence-corrected chi connectivity index (χ0v) is 25.0. The number of halogens is 2. The van der Waals surface area contributed by atoms with Crippen LogP contribution in [-0.4, -0.2) is 21.4 Å². The molecule has 8 nitrogen and oxygen atoms in total. The Labute approximate surface area is 248 Å². The van der Waals surface area contributed by atoms with Gasteiger partial charge in [-0.2, -0.15) is 5.26 Å². The second-order valence-electron chi connectivity index (χ2n) is 9.68. The van der Waals surface area contributed by atoms with Crippen LogP contribution in [0.4, 0.5) is 17.3 Å². The number of hydrogen-bond donors (Lipinski definition) is 3. The van der Waals surface area contributed by atoms with Crippen molar-refractivity contribution in [3.05, 3.63) is 79.8 Å². The number of nitrogens with one attached hydrogen (secondary N) is 3. The molecular weight excluding hydrogens is 671 g/mol. The van der Waals surface area contributed by atoms with Gasteiger partial charge in [0, 0.05) is 32.9 Å². The molecule has 4 aromatic rings. The number of anilines is 3. The highest BCUT2D eigenvalue weighted by Gasteiger charge is 2.41. The number of aromatic nitrogens is 2. The summed E-state index contributed by atoms with van der Waals surface area (Å²) < 4.78 is 3.87. The molecule has 3 N–H and O–H groups in total. The maximum absolute atomic E-state index is 12.8. The molecule has 2 amide bonds. The zero-order valence-electron chi connectivity index (χ0n) is 21.2. The van der Waals surface area contributed by atoms with E-state index in [0.717, 1.165) is 37.7 Å². The van der Waals surface area contributed by atoms with Gasteiger partial charge in [0.05, 0.1) is 22.8 Å². The summed E-state index contributed by atoms with van der Waals surface area (Å²) in [5.74, 6) is 0.231. The van der Waals surface area contributed by atoms with Gasteiger partial charge in [-0.05, 0) is 95.6 Å². The summed E-state index contributed by atoms with van der Waals surface area (Å²) in [5.41, 5.74) is 3.68. The minimum Gasteiger partial charge on any atom is -0.351 e. The van der Waals surface area contributed by atoms with Gasteiger partial charge in [-0.1, -0.05) is 34.8 Å². The molecule has 1 aliphatic carbocycles. The number of benzene rings is 3. The van der Waals surface area contributed by atoms with Crippen LogP contribution in [-0.2, 0) is 18.4 Å². The molecule has 10 heteroatoms. The first kappa shape index (κ1) is 27.1. The topological polar surface area (TPSA) is 112 Å². The Hall–Kier alpha value is -3.43. The van der Waals surface area contributed by atoms with Crippen molar-refractivity contribution in [3.8, 4) is 6.07 Å². The fraction of sp³-hybridized carbons (Fsp3) is 0.241. The van der Waals surface area contributed by atoms with E-state index in [9.17, 15) is 14.9 Å². The number of fused-ring (bicyclic) bond motifs is 1. The molecule has 0 saturated heterocycles. The summed E-state index contributed by atoms with van der Waals surface area (Å²) in [6.45, 7) is 0.341. The van der Waals surface area contributed by atoms with Crippen LogP contribution in [0, 0.1) is 20.3 Å². The Kier molecular flexibility index (Phi) is 7.91. The smallest absolute Gasteiger partial charge is 0.255 e. The number of aryl methyl sites for hydroxylation is 1. The van der Waals surface area contributed by atoms with Crippen LogP contribution in [0.3, 0.4) is 0 Å². The first-order valence-corrected chi connectivity index (χ1v) is 14.4. The summed E-state index contributed by atoms with van der Waals surface area (Å²) in [6.07, 6.45) is 3.06. The van der Waals surface area contributed by atoms with Crippen molar-refractivity contribution in [2.45, 2.75) is 32.2 Å². The van der Waals surface area contributed by atoms with Gasteiger partial charge in [0.15, 0.2) is 0 Å². The number of amides is 2. The Balaban J connectivity index is 1.31. The lowest BCUT2D eigenvalue weighted by Crippen LogP contribution is -2.37. The van der Waals surface area contributed by atoms with E-state index >= 15 is 0 Å². The third-order valence-electron chi connectivity index (χ3n) is 7.08. The molecule has 0 spiro atoms. The van der Waals surface area contributed by atoms with Crippen molar-refractivity contribution in [2.75, 3.05) is 10.6 Å². The van der Waals surface area contributed by atoms with Crippen molar-refractivity contribution in [1.82, 2.24) is 14.9 Å². The molecule has 0 atom stereocenters. The maximum atomic E-state index is 12.8. The normalized spacial score (nSPS) is 14.1. The highest BCUT2D eigenvalue weighted by atomic mass is 127. The molecule has 1 aromatic heterocycles. The van der Waals surface area contributed by atoms with Crippen molar-refractivity contribution < 1.29 is 9.59 Å². The molecule has 0 bridgehead atoms. The van der Waals surface area contributed by atoms with E-state index in [1.54, 1.807) is 12.1 Å². The van der Waals surface area contributed by atoms with Gasteiger partial charge in [-0.25, -0.2) is 4.98 Å². The number of carbonyl (C=O) groups is 2. The minimum absolute atomic E-state index is 0.189. The van der Waals surface area contributed by atoms with E-state index in [4.69, 9.17) is 4.98 Å². The number of nitriles is 1. The second kappa shape index (κ2) is 11.4. The van der Waals surface area contributed by atoms with E-state index in [0.29, 0.717) is 42.1 Å². The van der Waals surface area contributed by atoms with E-state index in [1.165, 1.54) is 0 Å². The fourth-order valence-electron chi connectivity index (χ4n) is 4.81. The third kappa shape index (κ3) is 5.79. The van der Waals surface area contributed by atoms with Crippen LogP contribution in [0.5, 0.6) is 0 Å². The van der Waals surface area contributed by atoms with Crippen LogP contribution in [0.2, 0.25) is 0 Å². The van der Waals surface area contributed by atoms with E-state index in [2.05, 4.69) is 60.5 Å². The summed E-state index contributed by atoms with van der Waals surface area (Å²) >= 11 is 5.65. The van der Waals surface area contributed by atoms with E-state index < -0.39 is 5.41 Å². The number of imidazole rings is 1. The van der Waals surface area contributed by atoms with Crippen LogP contribution in [0.25, 0.3) is 11.0 Å². The van der Waals surface area contributed by atoms with Crippen LogP contribution < -0.4 is 16.0 Å². The van der Waals surface area contributed by atoms with Crippen molar-refractivity contribution >= 4 is 78.7 Å². The predicted molar refractivity (Wildman–Crippen MR) is 164 cm³/mol. The molecule has 0 unspecified atom stereocenters. The van der Waals surface area contributed by atoms with Crippen LogP contribution in [0.1, 0.15) is 41.6 Å². The number of hydrogen-bond acceptors (Lipinski definition) is 5. The number of nitrogens with zero attached hydrogens (tertiary/aromatic N) is 3. The molecule has 5 rings (SSSR count). The molecule has 39 heavy (non-hydrogen) atoms. The third-order valence-corrected chi connectivity index (χ3v) is 8.55. The van der Waals surface area contributed by atoms with Gasteiger partial charge in [-0.15, -0.1) is 0 Å². The fourth-order valence-corrected chi connectivity index (χ4v) is 5.54. The summed E-state index contributed by atoms with van der Waals surface area (Å²) in [6, 6.07) is 21.0. The Morgan fingerprint density at radius 1 is 1.10 bits per heavy atom. The van der Waals surface area contributed by atoms with Gasteiger partial charge in [-0.3, -0.25) is 9.59 Å². The molecule has 3 aromatic carbocycles. The molecule has 0 radical (unpaired) electrons. The lowest BCUT2D eigenvalue weighted by molar-refractivity contribution is -0.128. The molecular formula is C29H26BrIN6O2. The average molecular weight is 697 g/mol. The highest BCUT2D eigenvalue weighted by Crippen LogP contribution is 2.37. The predicted octanol–water partition coefficient (Wildman–Crippen LogP) is 6.64. The molecule has 198 valence electrons. The minimum atomic E-state index is -0.897. The van der Waals surface area contributed by atoms with Gasteiger partial charge < -0.3 is 20.5 Å². The van der Waals surface area contributed by atoms with E-state index in [1.807, 2.05) is 60.1 Å². The van der Waals surface area contributed by atoms with Crippen molar-refractivity contribution in [3.63, 3.8) is 0 Å². The Morgan fingerprint density at radius 2 is 1.85 bits per heavy atom. The molecule has 1 heterocycles. The van der Waals surface area contributed by atoms with Gasteiger partial charge in [0.2, 0.25) is 11.9 Å². The highest BCUT2D eigenvalue weighted by molar-refractivity contribution is 14.1. The monoisotopic (exact) mass is 696 g/mol. The number of rotatable bonds is 7. The summed E-state index contributed by atoms with van der Waals surface area (Å²) in [7, 11) is 1.92. The van der Waals surface area contributed by atoms with Gasteiger partial charge in [0.25, 0.3) is 5.91 Å². The summed E-state index contributed by atoms with van der Waals surface area (Å²) in [4.78, 5) is 30.3. The Bertz CT molecular complexity index is 1600. The lowest BCUT2D eigenvalue weighted by atomic mass is 9.87. The zero-order chi connectivity index (χ0) is 27.6. The largest absolute Gasteiger partial charge is 0.351 e. The first-order valence-electron chi connectivity index (χ1n) is 12.6. The van der Waals surface area contributed by atoms with Crippen molar-refractivity contribution in [1.29, 1.82) is 5.26 Å². The van der Waals surface area contributed by atoms with Gasteiger partial charge >= 0.3 is 0 Å². The Morgan fingerprint density at radius 3 is 2.56 bits per heavy atom. The molecule has 1 aliphatic rings. The van der Waals surface area contributed by atoms with Gasteiger partial charge in [0.1, 0.15) is 5.41 Å². The lowest BCUT2D eigenvalue weighted by Gasteiger charge is -2.19. The molecule has 0 aliphatic heterocycles. The first-order chi connectivity index (χ1) is 18.8. The summed E-state index contributed by atoms with van der Waals surface area (Å²) in [5, 5.41) is 18.9. The van der Waals surface area contributed by atoms with Crippen LogP contribution in [0.15, 0.2) is 65.1 Å². The second-order valence-corrected chi connectivity index (χ2v) is 11.8. The molecule has 1 saturated carbocycles.